The SMILES string of the molecule is O=C(CCSC1c2ccccc2COc2ccc(/C=C/c3ccc4cc(F)c(F)cc4n3)cc21)NS(=O)(=O)C(F)(F)F.[H-].[Na+]. The van der Waals surface area contributed by atoms with E-state index in [1.165, 1.54) is 11.8 Å². The molecule has 1 N–H and O–H groups in total. The first-order valence-corrected chi connectivity index (χ1v) is 15.0. The molecule has 3 aromatic carbocycles. The Morgan fingerprint density at radius 3 is 2.53 bits per heavy atom. The molecule has 14 heteroatoms. The molecule has 6 nitrogen and oxygen atoms in total. The molecule has 5 rings (SSSR count). The van der Waals surface area contributed by atoms with Crippen LogP contribution in [0.5, 0.6) is 5.75 Å². The van der Waals surface area contributed by atoms with Crippen LogP contribution in [0.25, 0.3) is 23.1 Å². The molecular formula is C29H22F5N2NaO4S2. The standard InChI is InChI=1S/C29H21F5N2O4S2.Na.H/c30-23-14-18-7-9-20(35-25(18)15-24(23)31)8-5-17-6-10-26-22(13-17)28(21-4-2-1-3-19(21)16-40-26)41-12-11-27(37)36-42(38,39)29(32,33)34;;/h1-10,13-15,28H,11-12,16H2,(H,36,37);;/q;+1;-1/b8-5+;;. The second-order valence-corrected chi connectivity index (χ2v) is 12.2. The number of carbonyl (C=O) groups excluding carboxylic acids is 1. The predicted octanol–water partition coefficient (Wildman–Crippen LogP) is 3.87. The van der Waals surface area contributed by atoms with E-state index in [1.54, 1.807) is 30.4 Å². The fourth-order valence-corrected chi connectivity index (χ4v) is 6.20. The zero-order valence-corrected chi connectivity index (χ0v) is 26.1. The number of rotatable bonds is 7. The number of pyridine rings is 1. The Balaban J connectivity index is 0.00000264. The molecule has 1 aliphatic heterocycles. The van der Waals surface area contributed by atoms with Crippen molar-refractivity contribution < 1.29 is 70.9 Å². The van der Waals surface area contributed by atoms with Gasteiger partial charge in [0, 0.05) is 29.2 Å². The first-order chi connectivity index (χ1) is 19.9. The third-order valence-corrected chi connectivity index (χ3v) is 8.79. The van der Waals surface area contributed by atoms with Gasteiger partial charge >= 0.3 is 45.1 Å². The topological polar surface area (TPSA) is 85.4 Å². The molecule has 0 aliphatic carbocycles. The quantitative estimate of drug-likeness (QED) is 0.243. The van der Waals surface area contributed by atoms with Gasteiger partial charge in [0.05, 0.1) is 16.5 Å². The van der Waals surface area contributed by atoms with E-state index < -0.39 is 39.5 Å². The number of fused-ring (bicyclic) bond motifs is 3. The number of benzene rings is 3. The van der Waals surface area contributed by atoms with E-state index >= 15 is 0 Å². The monoisotopic (exact) mass is 644 g/mol. The first kappa shape index (κ1) is 32.9. The summed E-state index contributed by atoms with van der Waals surface area (Å²) in [6.07, 6.45) is 3.02. The Kier molecular flexibility index (Phi) is 10.2. The number of ether oxygens (including phenoxy) is 1. The van der Waals surface area contributed by atoms with Gasteiger partial charge in [-0.2, -0.15) is 21.6 Å². The molecule has 220 valence electrons. The van der Waals surface area contributed by atoms with E-state index in [0.29, 0.717) is 22.3 Å². The molecule has 0 radical (unpaired) electrons. The Morgan fingerprint density at radius 2 is 1.77 bits per heavy atom. The van der Waals surface area contributed by atoms with Gasteiger partial charge in [-0.1, -0.05) is 42.5 Å². The van der Waals surface area contributed by atoms with Crippen molar-refractivity contribution in [3.63, 3.8) is 0 Å². The zero-order chi connectivity index (χ0) is 30.1. The summed E-state index contributed by atoms with van der Waals surface area (Å²) in [6, 6.07) is 18.3. The Bertz CT molecular complexity index is 1820. The van der Waals surface area contributed by atoms with Crippen LogP contribution >= 0.6 is 11.8 Å². The number of thioether (sulfide) groups is 1. The normalized spacial score (nSPS) is 14.8. The van der Waals surface area contributed by atoms with Gasteiger partial charge in [0.15, 0.2) is 11.6 Å². The Morgan fingerprint density at radius 1 is 1.02 bits per heavy atom. The van der Waals surface area contributed by atoms with E-state index in [1.807, 2.05) is 36.4 Å². The number of nitrogens with zero attached hydrogens (tertiary/aromatic N) is 1. The van der Waals surface area contributed by atoms with Crippen LogP contribution in [0.1, 0.15) is 41.0 Å². The summed E-state index contributed by atoms with van der Waals surface area (Å²) in [5, 5.41) is 0.0761. The molecule has 1 amide bonds. The molecule has 1 aromatic heterocycles. The molecular weight excluding hydrogens is 622 g/mol. The van der Waals surface area contributed by atoms with Gasteiger partial charge in [0.1, 0.15) is 12.4 Å². The van der Waals surface area contributed by atoms with Gasteiger partial charge < -0.3 is 6.16 Å². The maximum Gasteiger partial charge on any atom is 1.00 e. The molecule has 2 heterocycles. The molecule has 1 unspecified atom stereocenters. The Labute approximate surface area is 271 Å². The van der Waals surface area contributed by atoms with Crippen LogP contribution in [-0.4, -0.2) is 30.6 Å². The third-order valence-electron chi connectivity index (χ3n) is 6.40. The second-order valence-electron chi connectivity index (χ2n) is 9.29. The summed E-state index contributed by atoms with van der Waals surface area (Å²) >= 11 is 1.27. The number of sulfonamides is 1. The number of amides is 1. The first-order valence-electron chi connectivity index (χ1n) is 12.4. The fourth-order valence-electron chi connectivity index (χ4n) is 4.37. The van der Waals surface area contributed by atoms with Crippen LogP contribution in [0.15, 0.2) is 66.7 Å². The van der Waals surface area contributed by atoms with E-state index in [0.717, 1.165) is 39.1 Å². The van der Waals surface area contributed by atoms with Crippen molar-refractivity contribution in [2.75, 3.05) is 5.75 Å². The van der Waals surface area contributed by atoms with Gasteiger partial charge in [0.25, 0.3) is 0 Å². The summed E-state index contributed by atoms with van der Waals surface area (Å²) in [6.45, 7) is 0.276. The molecule has 0 spiro atoms. The minimum absolute atomic E-state index is 0. The van der Waals surface area contributed by atoms with Gasteiger partial charge in [0.2, 0.25) is 5.91 Å². The van der Waals surface area contributed by atoms with Crippen molar-refractivity contribution in [1.29, 1.82) is 0 Å². The second kappa shape index (κ2) is 13.3. The molecule has 1 aliphatic rings. The van der Waals surface area contributed by atoms with E-state index in [2.05, 4.69) is 4.98 Å². The molecule has 1 atom stereocenters. The van der Waals surface area contributed by atoms with Crippen molar-refractivity contribution in [3.8, 4) is 5.75 Å². The number of nitrogens with one attached hydrogen (secondary N) is 1. The molecule has 0 fully saturated rings. The van der Waals surface area contributed by atoms with E-state index in [4.69, 9.17) is 4.74 Å². The summed E-state index contributed by atoms with van der Waals surface area (Å²) in [5.74, 6) is -2.62. The van der Waals surface area contributed by atoms with Crippen LogP contribution in [0.4, 0.5) is 22.0 Å². The van der Waals surface area contributed by atoms with Crippen molar-refractivity contribution in [2.45, 2.75) is 23.8 Å². The molecule has 4 aromatic rings. The minimum atomic E-state index is -5.78. The van der Waals surface area contributed by atoms with Gasteiger partial charge in [-0.3, -0.25) is 4.79 Å². The average Bonchev–Trinajstić information content (AvgIpc) is 3.08. The van der Waals surface area contributed by atoms with Crippen molar-refractivity contribution in [3.05, 3.63) is 106 Å². The maximum atomic E-state index is 13.7. The Hall–Kier alpha value is -2.97. The van der Waals surface area contributed by atoms with Gasteiger partial charge in [-0.15, -0.1) is 11.8 Å². The van der Waals surface area contributed by atoms with E-state index in [9.17, 15) is 35.2 Å². The minimum Gasteiger partial charge on any atom is -1.00 e. The maximum absolute atomic E-state index is 13.7. The molecule has 0 saturated heterocycles. The van der Waals surface area contributed by atoms with Gasteiger partial charge in [-0.25, -0.2) is 18.5 Å². The van der Waals surface area contributed by atoms with Crippen LogP contribution in [0.2, 0.25) is 0 Å². The summed E-state index contributed by atoms with van der Waals surface area (Å²) in [7, 11) is -5.78. The van der Waals surface area contributed by atoms with Gasteiger partial charge in [-0.05, 0) is 47.0 Å². The van der Waals surface area contributed by atoms with Crippen molar-refractivity contribution >= 4 is 50.7 Å². The van der Waals surface area contributed by atoms with Crippen LogP contribution in [0, 0.1) is 11.6 Å². The smallest absolute Gasteiger partial charge is 1.00 e. The predicted molar refractivity (Wildman–Crippen MR) is 151 cm³/mol. The van der Waals surface area contributed by atoms with Crippen LogP contribution in [-0.2, 0) is 21.4 Å². The zero-order valence-electron chi connectivity index (χ0n) is 23.5. The number of halogens is 5. The number of aromatic nitrogens is 1. The summed E-state index contributed by atoms with van der Waals surface area (Å²) in [4.78, 5) is 16.4. The number of carbonyl (C=O) groups is 1. The molecule has 0 bridgehead atoms. The number of hydrogen-bond donors (Lipinski definition) is 1. The van der Waals surface area contributed by atoms with Crippen LogP contribution in [0.3, 0.4) is 0 Å². The molecule has 0 saturated carbocycles. The molecule has 43 heavy (non-hydrogen) atoms. The van der Waals surface area contributed by atoms with E-state index in [-0.39, 0.29) is 48.6 Å². The fraction of sp³-hybridized carbons (Fsp3) is 0.172. The average molecular weight is 645 g/mol. The third kappa shape index (κ3) is 7.58. The summed E-state index contributed by atoms with van der Waals surface area (Å²) in [5.41, 5.74) is -1.51. The largest absolute Gasteiger partial charge is 1.00 e. The summed E-state index contributed by atoms with van der Waals surface area (Å²) < 4.78 is 94.7. The number of hydrogen-bond acceptors (Lipinski definition) is 6. The number of alkyl halides is 3. The van der Waals surface area contributed by atoms with Crippen molar-refractivity contribution in [1.82, 2.24) is 9.71 Å². The van der Waals surface area contributed by atoms with Crippen LogP contribution < -0.4 is 39.0 Å². The van der Waals surface area contributed by atoms with Crippen molar-refractivity contribution in [2.24, 2.45) is 0 Å².